The van der Waals surface area contributed by atoms with Gasteiger partial charge in [-0.2, -0.15) is 0 Å². The smallest absolute Gasteiger partial charge is 0.295 e. The van der Waals surface area contributed by atoms with E-state index in [1.807, 2.05) is 0 Å². The lowest BCUT2D eigenvalue weighted by Crippen LogP contribution is -2.30. The van der Waals surface area contributed by atoms with Crippen LogP contribution in [0.5, 0.6) is 0 Å². The highest BCUT2D eigenvalue weighted by molar-refractivity contribution is 6.44. The standard InChI is InChI=1S/C18H13F2N3O2/c1-9-16(11-3-2-4-12(19)15(11)20)23(18(25)17(9)24)10-5-6-13-14(7-10)22-8-21-13/h2-9,16H,1H3,(H,21,22). The fourth-order valence-corrected chi connectivity index (χ4v) is 3.32. The molecule has 1 aromatic heterocycles. The maximum absolute atomic E-state index is 14.3. The summed E-state index contributed by atoms with van der Waals surface area (Å²) in [5.41, 5.74) is 1.78. The van der Waals surface area contributed by atoms with Crippen LogP contribution in [0.1, 0.15) is 18.5 Å². The van der Waals surface area contributed by atoms with Crippen molar-refractivity contribution in [2.24, 2.45) is 5.92 Å². The Morgan fingerprint density at radius 1 is 1.16 bits per heavy atom. The molecule has 4 rings (SSSR count). The summed E-state index contributed by atoms with van der Waals surface area (Å²) in [6, 6.07) is 7.85. The largest absolute Gasteiger partial charge is 0.345 e. The maximum Gasteiger partial charge on any atom is 0.295 e. The Bertz CT molecular complexity index is 1010. The predicted octanol–water partition coefficient (Wildman–Crippen LogP) is 3.13. The first kappa shape index (κ1) is 15.4. The Morgan fingerprint density at radius 3 is 2.76 bits per heavy atom. The molecule has 0 spiro atoms. The summed E-state index contributed by atoms with van der Waals surface area (Å²) >= 11 is 0. The first-order valence-corrected chi connectivity index (χ1v) is 7.73. The van der Waals surface area contributed by atoms with Gasteiger partial charge in [0.15, 0.2) is 11.6 Å². The number of halogens is 2. The zero-order valence-electron chi connectivity index (χ0n) is 13.2. The van der Waals surface area contributed by atoms with Crippen LogP contribution in [0, 0.1) is 17.6 Å². The van der Waals surface area contributed by atoms with E-state index in [2.05, 4.69) is 9.97 Å². The van der Waals surface area contributed by atoms with Crippen LogP contribution in [0.2, 0.25) is 0 Å². The van der Waals surface area contributed by atoms with Crippen molar-refractivity contribution in [3.63, 3.8) is 0 Å². The highest BCUT2D eigenvalue weighted by Gasteiger charge is 2.47. The van der Waals surface area contributed by atoms with Crippen LogP contribution in [0.4, 0.5) is 14.5 Å². The molecule has 3 aromatic rings. The molecule has 25 heavy (non-hydrogen) atoms. The van der Waals surface area contributed by atoms with Crippen LogP contribution >= 0.6 is 0 Å². The number of nitrogens with zero attached hydrogens (tertiary/aromatic N) is 2. The van der Waals surface area contributed by atoms with Crippen molar-refractivity contribution in [3.8, 4) is 0 Å². The summed E-state index contributed by atoms with van der Waals surface area (Å²) in [6.07, 6.45) is 1.51. The molecule has 2 atom stereocenters. The second-order valence-electron chi connectivity index (χ2n) is 6.02. The second kappa shape index (κ2) is 5.47. The molecular weight excluding hydrogens is 328 g/mol. The molecule has 7 heteroatoms. The number of benzene rings is 2. The van der Waals surface area contributed by atoms with Crippen molar-refractivity contribution >= 4 is 28.4 Å². The molecule has 1 N–H and O–H groups in total. The Kier molecular flexibility index (Phi) is 3.38. The molecule has 126 valence electrons. The van der Waals surface area contributed by atoms with Crippen LogP contribution in [0.3, 0.4) is 0 Å². The van der Waals surface area contributed by atoms with Crippen molar-refractivity contribution in [2.75, 3.05) is 4.90 Å². The lowest BCUT2D eigenvalue weighted by Gasteiger charge is -2.27. The van der Waals surface area contributed by atoms with Crippen molar-refractivity contribution in [3.05, 3.63) is 59.9 Å². The molecule has 0 bridgehead atoms. The minimum absolute atomic E-state index is 0.0172. The Hall–Kier alpha value is -3.09. The predicted molar refractivity (Wildman–Crippen MR) is 86.8 cm³/mol. The van der Waals surface area contributed by atoms with Gasteiger partial charge in [0.05, 0.1) is 23.4 Å². The number of hydrogen-bond donors (Lipinski definition) is 1. The third-order valence-electron chi connectivity index (χ3n) is 4.58. The zero-order valence-corrected chi connectivity index (χ0v) is 13.2. The SMILES string of the molecule is CC1C(=O)C(=O)N(c2ccc3nc[nH]c3c2)C1c1cccc(F)c1F. The maximum atomic E-state index is 14.3. The number of hydrogen-bond acceptors (Lipinski definition) is 3. The highest BCUT2D eigenvalue weighted by Crippen LogP contribution is 2.41. The van der Waals surface area contributed by atoms with E-state index in [0.29, 0.717) is 16.7 Å². The van der Waals surface area contributed by atoms with E-state index in [-0.39, 0.29) is 5.56 Å². The zero-order chi connectivity index (χ0) is 17.7. The number of anilines is 1. The number of imidazole rings is 1. The summed E-state index contributed by atoms with van der Waals surface area (Å²) < 4.78 is 28.0. The van der Waals surface area contributed by atoms with Crippen LogP contribution in [0.25, 0.3) is 11.0 Å². The number of aromatic amines is 1. The summed E-state index contributed by atoms with van der Waals surface area (Å²) in [5, 5.41) is 0. The normalized spacial score (nSPS) is 20.7. The molecule has 1 aliphatic rings. The van der Waals surface area contributed by atoms with E-state index in [1.54, 1.807) is 25.1 Å². The van der Waals surface area contributed by atoms with Gasteiger partial charge >= 0.3 is 0 Å². The third-order valence-corrected chi connectivity index (χ3v) is 4.58. The summed E-state index contributed by atoms with van der Waals surface area (Å²) in [4.78, 5) is 33.0. The number of aromatic nitrogens is 2. The number of carbonyl (C=O) groups is 2. The average molecular weight is 341 g/mol. The first-order chi connectivity index (χ1) is 12.0. The number of Topliss-reactive ketones (excluding diaryl/α,β-unsaturated/α-hetero) is 1. The molecular formula is C18H13F2N3O2. The first-order valence-electron chi connectivity index (χ1n) is 7.73. The van der Waals surface area contributed by atoms with Gasteiger partial charge < -0.3 is 4.98 Å². The number of fused-ring (bicyclic) bond motifs is 1. The molecule has 2 aromatic carbocycles. The summed E-state index contributed by atoms with van der Waals surface area (Å²) in [6.45, 7) is 1.55. The molecule has 0 aliphatic carbocycles. The monoisotopic (exact) mass is 341 g/mol. The van der Waals surface area contributed by atoms with Gasteiger partial charge in [0.2, 0.25) is 5.78 Å². The molecule has 1 fully saturated rings. The Morgan fingerprint density at radius 2 is 1.96 bits per heavy atom. The number of nitrogens with one attached hydrogen (secondary N) is 1. The van der Waals surface area contributed by atoms with Crippen molar-refractivity contribution in [1.82, 2.24) is 9.97 Å². The number of H-pyrrole nitrogens is 1. The fourth-order valence-electron chi connectivity index (χ4n) is 3.32. The fraction of sp³-hybridized carbons (Fsp3) is 0.167. The molecule has 0 saturated carbocycles. The Balaban J connectivity index is 1.89. The molecule has 2 unspecified atom stereocenters. The van der Waals surface area contributed by atoms with E-state index in [1.165, 1.54) is 23.4 Å². The second-order valence-corrected chi connectivity index (χ2v) is 6.02. The minimum atomic E-state index is -1.05. The Labute approximate surface area is 141 Å². The molecule has 1 aliphatic heterocycles. The number of ketones is 1. The van der Waals surface area contributed by atoms with Crippen molar-refractivity contribution in [2.45, 2.75) is 13.0 Å². The van der Waals surface area contributed by atoms with E-state index in [9.17, 15) is 18.4 Å². The molecule has 1 saturated heterocycles. The molecule has 5 nitrogen and oxygen atoms in total. The number of carbonyl (C=O) groups excluding carboxylic acids is 2. The average Bonchev–Trinajstić information content (AvgIpc) is 3.15. The molecule has 0 radical (unpaired) electrons. The topological polar surface area (TPSA) is 66.1 Å². The van der Waals surface area contributed by atoms with Gasteiger partial charge in [0.25, 0.3) is 5.91 Å². The lowest BCUT2D eigenvalue weighted by molar-refractivity contribution is -0.135. The van der Waals surface area contributed by atoms with Crippen molar-refractivity contribution < 1.29 is 18.4 Å². The number of amides is 1. The summed E-state index contributed by atoms with van der Waals surface area (Å²) in [7, 11) is 0. The quantitative estimate of drug-likeness (QED) is 0.728. The van der Waals surface area contributed by atoms with Gasteiger partial charge in [-0.15, -0.1) is 0 Å². The summed E-state index contributed by atoms with van der Waals surface area (Å²) in [5.74, 6) is -4.21. The van der Waals surface area contributed by atoms with Gasteiger partial charge in [-0.3, -0.25) is 14.5 Å². The van der Waals surface area contributed by atoms with Crippen molar-refractivity contribution in [1.29, 1.82) is 0 Å². The van der Waals surface area contributed by atoms with Crippen LogP contribution < -0.4 is 4.90 Å². The van der Waals surface area contributed by atoms with Gasteiger partial charge in [-0.05, 0) is 24.3 Å². The number of rotatable bonds is 2. The third kappa shape index (κ3) is 2.23. The van der Waals surface area contributed by atoms with Gasteiger partial charge in [0.1, 0.15) is 0 Å². The van der Waals surface area contributed by atoms with E-state index in [4.69, 9.17) is 0 Å². The minimum Gasteiger partial charge on any atom is -0.345 e. The van der Waals surface area contributed by atoms with Gasteiger partial charge in [-0.1, -0.05) is 19.1 Å². The van der Waals surface area contributed by atoms with Gasteiger partial charge in [0, 0.05) is 17.2 Å². The molecule has 1 amide bonds. The lowest BCUT2D eigenvalue weighted by atomic mass is 9.94. The van der Waals surface area contributed by atoms with E-state index >= 15 is 0 Å². The van der Waals surface area contributed by atoms with Crippen LogP contribution in [-0.2, 0) is 9.59 Å². The van der Waals surface area contributed by atoms with Crippen LogP contribution in [0.15, 0.2) is 42.7 Å². The van der Waals surface area contributed by atoms with E-state index in [0.717, 1.165) is 6.07 Å². The highest BCUT2D eigenvalue weighted by atomic mass is 19.2. The van der Waals surface area contributed by atoms with Crippen LogP contribution in [-0.4, -0.2) is 21.7 Å². The van der Waals surface area contributed by atoms with E-state index < -0.39 is 35.3 Å². The van der Waals surface area contributed by atoms with Gasteiger partial charge in [-0.25, -0.2) is 13.8 Å². The molecule has 2 heterocycles.